The van der Waals surface area contributed by atoms with Crippen LogP contribution in [0.25, 0.3) is 0 Å². The first-order chi connectivity index (χ1) is 6.72. The lowest BCUT2D eigenvalue weighted by Crippen LogP contribution is -2.29. The molecule has 4 nitrogen and oxygen atoms in total. The molecule has 1 atom stereocenters. The minimum Gasteiger partial charge on any atom is -0.384 e. The van der Waals surface area contributed by atoms with Crippen molar-refractivity contribution < 1.29 is 5.11 Å². The third kappa shape index (κ3) is 1.67. The van der Waals surface area contributed by atoms with Gasteiger partial charge in [0.25, 0.3) is 0 Å². The van der Waals surface area contributed by atoms with Crippen molar-refractivity contribution in [3.8, 4) is 0 Å². The highest BCUT2D eigenvalue weighted by Crippen LogP contribution is 2.30. The van der Waals surface area contributed by atoms with E-state index in [4.69, 9.17) is 0 Å². The van der Waals surface area contributed by atoms with Crippen LogP contribution in [0.2, 0.25) is 0 Å². The molecule has 14 heavy (non-hydrogen) atoms. The van der Waals surface area contributed by atoms with Crippen molar-refractivity contribution in [3.05, 3.63) is 18.0 Å². The second-order valence-corrected chi connectivity index (χ2v) is 3.98. The van der Waals surface area contributed by atoms with Crippen molar-refractivity contribution in [1.29, 1.82) is 0 Å². The quantitative estimate of drug-likeness (QED) is 0.681. The Labute approximate surface area is 83.9 Å². The van der Waals surface area contributed by atoms with E-state index in [2.05, 4.69) is 10.4 Å². The summed E-state index contributed by atoms with van der Waals surface area (Å²) in [7, 11) is 1.88. The fourth-order valence-corrected chi connectivity index (χ4v) is 2.14. The second kappa shape index (κ2) is 3.71. The minimum atomic E-state index is -0.686. The lowest BCUT2D eigenvalue weighted by atomic mass is 9.91. The summed E-state index contributed by atoms with van der Waals surface area (Å²) in [5.74, 6) is 0. The standard InChI is InChI=1S/C10H17N3O/c1-13-9(3-7-12-13)10(14)4-2-6-11-8-5-10/h3,7,11,14H,2,4-6,8H2,1H3. The molecule has 78 valence electrons. The van der Waals surface area contributed by atoms with E-state index in [0.717, 1.165) is 38.0 Å². The van der Waals surface area contributed by atoms with E-state index in [1.54, 1.807) is 10.9 Å². The number of rotatable bonds is 1. The molecule has 1 aromatic heterocycles. The molecule has 2 rings (SSSR count). The lowest BCUT2D eigenvalue weighted by Gasteiger charge is -2.26. The molecule has 1 aliphatic rings. The molecular weight excluding hydrogens is 178 g/mol. The van der Waals surface area contributed by atoms with Gasteiger partial charge in [-0.3, -0.25) is 4.68 Å². The van der Waals surface area contributed by atoms with Gasteiger partial charge in [0.15, 0.2) is 0 Å². The van der Waals surface area contributed by atoms with Crippen molar-refractivity contribution in [1.82, 2.24) is 15.1 Å². The van der Waals surface area contributed by atoms with Crippen LogP contribution >= 0.6 is 0 Å². The van der Waals surface area contributed by atoms with Gasteiger partial charge in [0, 0.05) is 13.2 Å². The smallest absolute Gasteiger partial charge is 0.107 e. The molecule has 4 heteroatoms. The maximum absolute atomic E-state index is 10.5. The van der Waals surface area contributed by atoms with Crippen molar-refractivity contribution in [2.45, 2.75) is 24.9 Å². The summed E-state index contributed by atoms with van der Waals surface area (Å²) >= 11 is 0. The van der Waals surface area contributed by atoms with Crippen LogP contribution in [0.3, 0.4) is 0 Å². The number of nitrogens with one attached hydrogen (secondary N) is 1. The van der Waals surface area contributed by atoms with Crippen LogP contribution in [0.15, 0.2) is 12.3 Å². The molecule has 0 radical (unpaired) electrons. The van der Waals surface area contributed by atoms with E-state index in [-0.39, 0.29) is 0 Å². The normalized spacial score (nSPS) is 28.7. The molecule has 2 N–H and O–H groups in total. The van der Waals surface area contributed by atoms with Gasteiger partial charge >= 0.3 is 0 Å². The fraction of sp³-hybridized carbons (Fsp3) is 0.700. The van der Waals surface area contributed by atoms with Crippen molar-refractivity contribution in [2.75, 3.05) is 13.1 Å². The third-order valence-corrected chi connectivity index (χ3v) is 2.96. The topological polar surface area (TPSA) is 50.1 Å². The first-order valence-corrected chi connectivity index (χ1v) is 5.14. The highest BCUT2D eigenvalue weighted by Gasteiger charge is 2.32. The van der Waals surface area contributed by atoms with Crippen LogP contribution in [-0.2, 0) is 12.6 Å². The van der Waals surface area contributed by atoms with Crippen molar-refractivity contribution >= 4 is 0 Å². The summed E-state index contributed by atoms with van der Waals surface area (Å²) in [6, 6.07) is 1.91. The number of aryl methyl sites for hydroxylation is 1. The zero-order valence-corrected chi connectivity index (χ0v) is 8.53. The molecule has 1 unspecified atom stereocenters. The van der Waals surface area contributed by atoms with Crippen LogP contribution in [0.5, 0.6) is 0 Å². The molecule has 0 spiro atoms. The fourth-order valence-electron chi connectivity index (χ4n) is 2.14. The van der Waals surface area contributed by atoms with Gasteiger partial charge < -0.3 is 10.4 Å². The molecule has 0 saturated carbocycles. The SMILES string of the molecule is Cn1nccc1C1(O)CCCNCC1. The maximum Gasteiger partial charge on any atom is 0.107 e. The Morgan fingerprint density at radius 3 is 3.07 bits per heavy atom. The number of hydrogen-bond donors (Lipinski definition) is 2. The van der Waals surface area contributed by atoms with Gasteiger partial charge in [0.2, 0.25) is 0 Å². The summed E-state index contributed by atoms with van der Waals surface area (Å²) in [6.45, 7) is 1.88. The van der Waals surface area contributed by atoms with Crippen LogP contribution in [0.1, 0.15) is 25.0 Å². The highest BCUT2D eigenvalue weighted by atomic mass is 16.3. The van der Waals surface area contributed by atoms with Gasteiger partial charge in [-0.1, -0.05) is 0 Å². The van der Waals surface area contributed by atoms with E-state index < -0.39 is 5.60 Å². The number of hydrogen-bond acceptors (Lipinski definition) is 3. The summed E-state index contributed by atoms with van der Waals surface area (Å²) < 4.78 is 1.77. The minimum absolute atomic E-state index is 0.686. The molecule has 2 heterocycles. The molecule has 0 amide bonds. The van der Waals surface area contributed by atoms with E-state index in [9.17, 15) is 5.11 Å². The van der Waals surface area contributed by atoms with Crippen molar-refractivity contribution in [3.63, 3.8) is 0 Å². The number of aliphatic hydroxyl groups is 1. The van der Waals surface area contributed by atoms with Gasteiger partial charge in [0.05, 0.1) is 5.69 Å². The zero-order valence-electron chi connectivity index (χ0n) is 8.53. The Bertz CT molecular complexity index is 300. The van der Waals surface area contributed by atoms with E-state index in [0.29, 0.717) is 0 Å². The summed E-state index contributed by atoms with van der Waals surface area (Å²) in [4.78, 5) is 0. The number of nitrogens with zero attached hydrogens (tertiary/aromatic N) is 2. The monoisotopic (exact) mass is 195 g/mol. The van der Waals surface area contributed by atoms with E-state index in [1.807, 2.05) is 13.1 Å². The number of aromatic nitrogens is 2. The first-order valence-electron chi connectivity index (χ1n) is 5.14. The van der Waals surface area contributed by atoms with Gasteiger partial charge in [0.1, 0.15) is 5.60 Å². The predicted molar refractivity (Wildman–Crippen MR) is 53.8 cm³/mol. The maximum atomic E-state index is 10.5. The Morgan fingerprint density at radius 2 is 2.36 bits per heavy atom. The van der Waals surface area contributed by atoms with Gasteiger partial charge in [-0.15, -0.1) is 0 Å². The van der Waals surface area contributed by atoms with Crippen molar-refractivity contribution in [2.24, 2.45) is 7.05 Å². The summed E-state index contributed by atoms with van der Waals surface area (Å²) in [5, 5.41) is 17.9. The van der Waals surface area contributed by atoms with Crippen LogP contribution in [0, 0.1) is 0 Å². The van der Waals surface area contributed by atoms with Crippen LogP contribution in [0.4, 0.5) is 0 Å². The molecular formula is C10H17N3O. The van der Waals surface area contributed by atoms with E-state index in [1.165, 1.54) is 0 Å². The molecule has 1 aliphatic heterocycles. The summed E-state index contributed by atoms with van der Waals surface area (Å²) in [6.07, 6.45) is 4.35. The Balaban J connectivity index is 2.25. The average Bonchev–Trinajstić information content (AvgIpc) is 2.46. The summed E-state index contributed by atoms with van der Waals surface area (Å²) in [5.41, 5.74) is 0.246. The third-order valence-electron chi connectivity index (χ3n) is 2.96. The van der Waals surface area contributed by atoms with Crippen LogP contribution in [-0.4, -0.2) is 28.0 Å². The molecule has 1 fully saturated rings. The second-order valence-electron chi connectivity index (χ2n) is 3.98. The molecule has 1 aromatic rings. The molecule has 0 bridgehead atoms. The predicted octanol–water partition coefficient (Wildman–Crippen LogP) is 0.381. The van der Waals surface area contributed by atoms with Crippen LogP contribution < -0.4 is 5.32 Å². The zero-order chi connectivity index (χ0) is 10.0. The van der Waals surface area contributed by atoms with Gasteiger partial charge in [-0.2, -0.15) is 5.10 Å². The molecule has 0 aromatic carbocycles. The molecule has 1 saturated heterocycles. The van der Waals surface area contributed by atoms with E-state index >= 15 is 0 Å². The first kappa shape index (κ1) is 9.68. The van der Waals surface area contributed by atoms with Gasteiger partial charge in [-0.25, -0.2) is 0 Å². The Kier molecular flexibility index (Phi) is 2.56. The Morgan fingerprint density at radius 1 is 1.50 bits per heavy atom. The largest absolute Gasteiger partial charge is 0.384 e. The average molecular weight is 195 g/mol. The highest BCUT2D eigenvalue weighted by molar-refractivity contribution is 5.12. The van der Waals surface area contributed by atoms with Gasteiger partial charge in [-0.05, 0) is 38.4 Å². The lowest BCUT2D eigenvalue weighted by molar-refractivity contribution is 0.0160. The Hall–Kier alpha value is -0.870. The molecule has 0 aliphatic carbocycles.